The highest BCUT2D eigenvalue weighted by molar-refractivity contribution is 5.78. The van der Waals surface area contributed by atoms with Crippen molar-refractivity contribution in [3.63, 3.8) is 0 Å². The molecule has 0 saturated carbocycles. The first kappa shape index (κ1) is 25.5. The number of nitrogens with zero attached hydrogens (tertiary/aromatic N) is 6. The van der Waals surface area contributed by atoms with Crippen LogP contribution in [0.5, 0.6) is 0 Å². The minimum Gasteiger partial charge on any atom is -0.384 e. The maximum absolute atomic E-state index is 15.4. The molecule has 1 aliphatic rings. The Morgan fingerprint density at radius 2 is 1.58 bits per heavy atom. The van der Waals surface area contributed by atoms with Crippen LogP contribution in [-0.4, -0.2) is 56.6 Å². The standard InChI is InChI=1S/C25H27F2N7.C2H6/c1-14-12-33(13-15(2)32(14)4)24-19(26)10-18(11-20(24)27)34-16(3)30-22-6-5-21(31-25(22)34)17-7-8-29-23(28)9-17;1-2/h5-11,14-15H,12-13H2,1-4H3,(H2,28,29);1-2H3/t14-,15+;. The molecule has 1 saturated heterocycles. The zero-order valence-electron chi connectivity index (χ0n) is 21.6. The molecule has 3 aromatic heterocycles. The average Bonchev–Trinajstić information content (AvgIpc) is 3.18. The molecule has 1 aromatic carbocycles. The van der Waals surface area contributed by atoms with Gasteiger partial charge < -0.3 is 10.6 Å². The Hall–Kier alpha value is -3.59. The molecule has 0 bridgehead atoms. The predicted molar refractivity (Wildman–Crippen MR) is 141 cm³/mol. The molecule has 1 aliphatic heterocycles. The van der Waals surface area contributed by atoms with E-state index >= 15 is 8.78 Å². The van der Waals surface area contributed by atoms with Gasteiger partial charge >= 0.3 is 0 Å². The molecule has 4 aromatic rings. The lowest BCUT2D eigenvalue weighted by molar-refractivity contribution is 0.169. The van der Waals surface area contributed by atoms with Crippen molar-refractivity contribution < 1.29 is 8.78 Å². The molecule has 4 heterocycles. The van der Waals surface area contributed by atoms with E-state index in [1.807, 2.05) is 39.1 Å². The van der Waals surface area contributed by atoms with Gasteiger partial charge in [-0.15, -0.1) is 0 Å². The number of nitrogens with two attached hydrogens (primary N) is 1. The third-order valence-corrected chi connectivity index (χ3v) is 6.68. The first-order chi connectivity index (χ1) is 17.2. The molecule has 9 heteroatoms. The van der Waals surface area contributed by atoms with E-state index in [4.69, 9.17) is 10.7 Å². The molecule has 2 N–H and O–H groups in total. The molecule has 190 valence electrons. The molecule has 7 nitrogen and oxygen atoms in total. The fraction of sp³-hybridized carbons (Fsp3) is 0.370. The van der Waals surface area contributed by atoms with Gasteiger partial charge in [-0.2, -0.15) is 0 Å². The van der Waals surface area contributed by atoms with Crippen LogP contribution in [0.1, 0.15) is 33.5 Å². The van der Waals surface area contributed by atoms with Gasteiger partial charge in [0, 0.05) is 49.1 Å². The van der Waals surface area contributed by atoms with Gasteiger partial charge in [0.15, 0.2) is 17.3 Å². The predicted octanol–water partition coefficient (Wildman–Crippen LogP) is 5.21. The molecule has 0 unspecified atom stereocenters. The third-order valence-electron chi connectivity index (χ3n) is 6.68. The van der Waals surface area contributed by atoms with Gasteiger partial charge in [0.1, 0.15) is 22.8 Å². The average molecular weight is 494 g/mol. The summed E-state index contributed by atoms with van der Waals surface area (Å²) in [5.41, 5.74) is 8.79. The Bertz CT molecular complexity index is 1350. The second-order valence-corrected chi connectivity index (χ2v) is 9.03. The van der Waals surface area contributed by atoms with Crippen molar-refractivity contribution >= 4 is 22.7 Å². The van der Waals surface area contributed by atoms with Crippen LogP contribution in [0.3, 0.4) is 0 Å². The summed E-state index contributed by atoms with van der Waals surface area (Å²) in [4.78, 5) is 17.3. The summed E-state index contributed by atoms with van der Waals surface area (Å²) >= 11 is 0. The van der Waals surface area contributed by atoms with Crippen molar-refractivity contribution in [1.29, 1.82) is 0 Å². The number of imidazole rings is 1. The van der Waals surface area contributed by atoms with Gasteiger partial charge in [-0.1, -0.05) is 13.8 Å². The van der Waals surface area contributed by atoms with E-state index in [-0.39, 0.29) is 17.8 Å². The number of halogens is 2. The van der Waals surface area contributed by atoms with Gasteiger partial charge in [-0.3, -0.25) is 9.47 Å². The number of likely N-dealkylation sites (N-methyl/N-ethyl adjacent to an activating group) is 1. The maximum atomic E-state index is 15.4. The van der Waals surface area contributed by atoms with Crippen LogP contribution in [0.4, 0.5) is 20.3 Å². The lowest BCUT2D eigenvalue weighted by Crippen LogP contribution is -2.55. The van der Waals surface area contributed by atoms with Crippen molar-refractivity contribution in [2.24, 2.45) is 0 Å². The first-order valence-electron chi connectivity index (χ1n) is 12.3. The van der Waals surface area contributed by atoms with E-state index in [1.54, 1.807) is 28.7 Å². The summed E-state index contributed by atoms with van der Waals surface area (Å²) in [6.07, 6.45) is 1.61. The Kier molecular flexibility index (Phi) is 7.21. The Labute approximate surface area is 210 Å². The Balaban J connectivity index is 0.00000148. The van der Waals surface area contributed by atoms with Gasteiger partial charge in [-0.05, 0) is 52.1 Å². The molecule has 0 aliphatic carbocycles. The normalized spacial score (nSPS) is 18.3. The molecule has 0 amide bonds. The van der Waals surface area contributed by atoms with Crippen molar-refractivity contribution in [3.8, 4) is 16.9 Å². The summed E-state index contributed by atoms with van der Waals surface area (Å²) in [7, 11) is 2.04. The minimum atomic E-state index is -0.599. The zero-order valence-corrected chi connectivity index (χ0v) is 21.6. The maximum Gasteiger partial charge on any atom is 0.165 e. The Morgan fingerprint density at radius 1 is 0.944 bits per heavy atom. The van der Waals surface area contributed by atoms with E-state index in [0.717, 1.165) is 5.56 Å². The lowest BCUT2D eigenvalue weighted by atomic mass is 10.1. The number of pyridine rings is 2. The monoisotopic (exact) mass is 493 g/mol. The summed E-state index contributed by atoms with van der Waals surface area (Å²) in [5.74, 6) is -0.227. The largest absolute Gasteiger partial charge is 0.384 e. The number of hydrogen-bond acceptors (Lipinski definition) is 6. The lowest BCUT2D eigenvalue weighted by Gasteiger charge is -2.43. The topological polar surface area (TPSA) is 76.1 Å². The minimum absolute atomic E-state index is 0.0125. The van der Waals surface area contributed by atoms with Crippen LogP contribution in [0, 0.1) is 18.6 Å². The highest BCUT2D eigenvalue weighted by atomic mass is 19.1. The van der Waals surface area contributed by atoms with E-state index in [0.29, 0.717) is 47.3 Å². The van der Waals surface area contributed by atoms with Gasteiger partial charge in [0.05, 0.1) is 11.4 Å². The van der Waals surface area contributed by atoms with Gasteiger partial charge in [0.25, 0.3) is 0 Å². The van der Waals surface area contributed by atoms with Crippen LogP contribution in [0.2, 0.25) is 0 Å². The molecule has 0 radical (unpaired) electrons. The summed E-state index contributed by atoms with van der Waals surface area (Å²) < 4.78 is 32.5. The van der Waals surface area contributed by atoms with Gasteiger partial charge in [-0.25, -0.2) is 23.7 Å². The van der Waals surface area contributed by atoms with Crippen molar-refractivity contribution in [3.05, 3.63) is 60.1 Å². The van der Waals surface area contributed by atoms with Crippen LogP contribution < -0.4 is 10.6 Å². The summed E-state index contributed by atoms with van der Waals surface area (Å²) in [5, 5.41) is 0. The third kappa shape index (κ3) is 4.63. The smallest absolute Gasteiger partial charge is 0.165 e. The first-order valence-corrected chi connectivity index (χ1v) is 12.3. The van der Waals surface area contributed by atoms with E-state index in [1.165, 1.54) is 12.1 Å². The number of hydrogen-bond donors (Lipinski definition) is 1. The molecule has 1 fully saturated rings. The quantitative estimate of drug-likeness (QED) is 0.422. The van der Waals surface area contributed by atoms with Crippen LogP contribution in [0.15, 0.2) is 42.6 Å². The molecular weight excluding hydrogens is 460 g/mol. The molecule has 5 rings (SSSR count). The number of aryl methyl sites for hydroxylation is 1. The van der Waals surface area contributed by atoms with Crippen molar-refractivity contribution in [2.45, 2.75) is 46.7 Å². The van der Waals surface area contributed by atoms with E-state index in [2.05, 4.69) is 28.7 Å². The molecule has 2 atom stereocenters. The summed E-state index contributed by atoms with van der Waals surface area (Å²) in [6.45, 7) is 11.0. The molecule has 0 spiro atoms. The van der Waals surface area contributed by atoms with Crippen molar-refractivity contribution in [2.75, 3.05) is 30.8 Å². The number of benzene rings is 1. The molecular formula is C27H33F2N7. The van der Waals surface area contributed by atoms with E-state index in [9.17, 15) is 0 Å². The Morgan fingerprint density at radius 3 is 2.19 bits per heavy atom. The number of piperazine rings is 1. The number of rotatable bonds is 3. The van der Waals surface area contributed by atoms with Crippen molar-refractivity contribution in [1.82, 2.24) is 24.4 Å². The number of fused-ring (bicyclic) bond motifs is 1. The SMILES string of the molecule is CC.Cc1nc2ccc(-c3ccnc(N)c3)nc2n1-c1cc(F)c(N2C[C@@H](C)N(C)[C@@H](C)C2)c(F)c1. The highest BCUT2D eigenvalue weighted by Gasteiger charge is 2.30. The number of nitrogen functional groups attached to an aromatic ring is 1. The van der Waals surface area contributed by atoms with Crippen LogP contribution >= 0.6 is 0 Å². The molecule has 36 heavy (non-hydrogen) atoms. The number of anilines is 2. The number of aromatic nitrogens is 4. The fourth-order valence-electron chi connectivity index (χ4n) is 4.72. The van der Waals surface area contributed by atoms with Gasteiger partial charge in [0.2, 0.25) is 0 Å². The summed E-state index contributed by atoms with van der Waals surface area (Å²) in [6, 6.07) is 10.3. The highest BCUT2D eigenvalue weighted by Crippen LogP contribution is 2.31. The van der Waals surface area contributed by atoms with E-state index < -0.39 is 11.6 Å². The van der Waals surface area contributed by atoms with Crippen LogP contribution in [0.25, 0.3) is 28.1 Å². The second kappa shape index (κ2) is 10.2. The second-order valence-electron chi connectivity index (χ2n) is 9.03. The zero-order chi connectivity index (χ0) is 26.1. The fourth-order valence-corrected chi connectivity index (χ4v) is 4.72. The van der Waals surface area contributed by atoms with Crippen LogP contribution in [-0.2, 0) is 0 Å².